The third kappa shape index (κ3) is 6.52. The summed E-state index contributed by atoms with van der Waals surface area (Å²) in [6.45, 7) is 3.13. The average molecular weight is 412 g/mol. The number of halogens is 1. The quantitative estimate of drug-likeness (QED) is 0.480. The SMILES string of the molecule is COc1ccc(C(C[C@H](C)NCc2ccccc2)c2ccc(OC)cc2)cc1.Cl. The number of rotatable bonds is 9. The number of nitrogens with one attached hydrogen (secondary N) is 1. The van der Waals surface area contributed by atoms with Crippen molar-refractivity contribution in [3.05, 3.63) is 95.6 Å². The number of benzene rings is 3. The average Bonchev–Trinajstić information content (AvgIpc) is 2.77. The van der Waals surface area contributed by atoms with E-state index >= 15 is 0 Å². The Kier molecular flexibility index (Phi) is 9.04. The van der Waals surface area contributed by atoms with Crippen LogP contribution in [0.3, 0.4) is 0 Å². The van der Waals surface area contributed by atoms with Crippen LogP contribution in [0.5, 0.6) is 11.5 Å². The maximum absolute atomic E-state index is 5.32. The van der Waals surface area contributed by atoms with Gasteiger partial charge in [0.1, 0.15) is 11.5 Å². The Balaban J connectivity index is 0.00000300. The topological polar surface area (TPSA) is 30.5 Å². The van der Waals surface area contributed by atoms with Gasteiger partial charge in [-0.05, 0) is 54.3 Å². The van der Waals surface area contributed by atoms with E-state index in [1.54, 1.807) is 14.2 Å². The Morgan fingerprint density at radius 3 is 1.66 bits per heavy atom. The second-order valence-electron chi connectivity index (χ2n) is 7.10. The van der Waals surface area contributed by atoms with Crippen LogP contribution in [-0.4, -0.2) is 20.3 Å². The van der Waals surface area contributed by atoms with Crippen LogP contribution < -0.4 is 14.8 Å². The molecule has 154 valence electrons. The van der Waals surface area contributed by atoms with Gasteiger partial charge in [-0.1, -0.05) is 54.6 Å². The van der Waals surface area contributed by atoms with Gasteiger partial charge in [-0.15, -0.1) is 12.4 Å². The minimum absolute atomic E-state index is 0. The number of hydrogen-bond acceptors (Lipinski definition) is 3. The number of ether oxygens (including phenoxy) is 2. The summed E-state index contributed by atoms with van der Waals surface area (Å²) in [5, 5.41) is 3.66. The van der Waals surface area contributed by atoms with Crippen LogP contribution in [0, 0.1) is 0 Å². The van der Waals surface area contributed by atoms with Gasteiger partial charge in [0.25, 0.3) is 0 Å². The molecule has 0 saturated heterocycles. The van der Waals surface area contributed by atoms with Gasteiger partial charge in [-0.25, -0.2) is 0 Å². The summed E-state index contributed by atoms with van der Waals surface area (Å²) in [5.74, 6) is 2.06. The van der Waals surface area contributed by atoms with E-state index in [1.807, 2.05) is 24.3 Å². The van der Waals surface area contributed by atoms with Crippen molar-refractivity contribution in [3.8, 4) is 11.5 Å². The van der Waals surface area contributed by atoms with E-state index in [9.17, 15) is 0 Å². The highest BCUT2D eigenvalue weighted by molar-refractivity contribution is 5.85. The molecule has 0 aliphatic carbocycles. The summed E-state index contributed by atoms with van der Waals surface area (Å²) in [6, 6.07) is 27.7. The van der Waals surface area contributed by atoms with Crippen LogP contribution in [0.1, 0.15) is 36.0 Å². The van der Waals surface area contributed by atoms with Crippen molar-refractivity contribution < 1.29 is 9.47 Å². The lowest BCUT2D eigenvalue weighted by atomic mass is 9.86. The van der Waals surface area contributed by atoms with Crippen LogP contribution in [-0.2, 0) is 6.54 Å². The Labute approximate surface area is 180 Å². The van der Waals surface area contributed by atoms with Gasteiger partial charge in [-0.3, -0.25) is 0 Å². The van der Waals surface area contributed by atoms with Gasteiger partial charge in [0.15, 0.2) is 0 Å². The molecule has 0 unspecified atom stereocenters. The predicted octanol–water partition coefficient (Wildman–Crippen LogP) is 5.83. The number of hydrogen-bond donors (Lipinski definition) is 1. The van der Waals surface area contributed by atoms with Crippen molar-refractivity contribution >= 4 is 12.4 Å². The fourth-order valence-electron chi connectivity index (χ4n) is 3.46. The summed E-state index contributed by atoms with van der Waals surface area (Å²) in [6.07, 6.45) is 1.01. The summed E-state index contributed by atoms with van der Waals surface area (Å²) >= 11 is 0. The first-order valence-electron chi connectivity index (χ1n) is 9.75. The molecule has 1 N–H and O–H groups in total. The molecular formula is C25H30ClNO2. The third-order valence-electron chi connectivity index (χ3n) is 5.12. The van der Waals surface area contributed by atoms with Gasteiger partial charge in [0.2, 0.25) is 0 Å². The zero-order valence-corrected chi connectivity index (χ0v) is 18.1. The van der Waals surface area contributed by atoms with Crippen LogP contribution in [0.4, 0.5) is 0 Å². The lowest BCUT2D eigenvalue weighted by molar-refractivity contribution is 0.414. The molecule has 3 rings (SSSR count). The highest BCUT2D eigenvalue weighted by atomic mass is 35.5. The first-order chi connectivity index (χ1) is 13.7. The monoisotopic (exact) mass is 411 g/mol. The summed E-state index contributed by atoms with van der Waals surface area (Å²) in [5.41, 5.74) is 3.89. The van der Waals surface area contributed by atoms with E-state index in [0.717, 1.165) is 24.5 Å². The molecule has 0 saturated carbocycles. The van der Waals surface area contributed by atoms with Gasteiger partial charge >= 0.3 is 0 Å². The maximum atomic E-state index is 5.32. The van der Waals surface area contributed by atoms with E-state index < -0.39 is 0 Å². The normalized spacial score (nSPS) is 11.6. The van der Waals surface area contributed by atoms with E-state index in [-0.39, 0.29) is 12.4 Å². The molecule has 3 nitrogen and oxygen atoms in total. The number of methoxy groups -OCH3 is 2. The molecule has 0 aliphatic rings. The minimum Gasteiger partial charge on any atom is -0.497 e. The predicted molar refractivity (Wildman–Crippen MR) is 122 cm³/mol. The van der Waals surface area contributed by atoms with Crippen molar-refractivity contribution in [2.45, 2.75) is 31.8 Å². The van der Waals surface area contributed by atoms with Crippen molar-refractivity contribution in [1.82, 2.24) is 5.32 Å². The second kappa shape index (κ2) is 11.5. The van der Waals surface area contributed by atoms with Crippen LogP contribution >= 0.6 is 12.4 Å². The Morgan fingerprint density at radius 2 is 1.21 bits per heavy atom. The van der Waals surface area contributed by atoms with Gasteiger partial charge in [0, 0.05) is 18.5 Å². The van der Waals surface area contributed by atoms with E-state index in [1.165, 1.54) is 16.7 Å². The van der Waals surface area contributed by atoms with Crippen molar-refractivity contribution in [2.24, 2.45) is 0 Å². The second-order valence-corrected chi connectivity index (χ2v) is 7.10. The van der Waals surface area contributed by atoms with Crippen molar-refractivity contribution in [2.75, 3.05) is 14.2 Å². The maximum Gasteiger partial charge on any atom is 0.118 e. The van der Waals surface area contributed by atoms with Crippen molar-refractivity contribution in [3.63, 3.8) is 0 Å². The van der Waals surface area contributed by atoms with Crippen LogP contribution in [0.2, 0.25) is 0 Å². The van der Waals surface area contributed by atoms with Gasteiger partial charge in [0.05, 0.1) is 14.2 Å². The minimum atomic E-state index is 0. The molecule has 4 heteroatoms. The molecule has 0 bridgehead atoms. The van der Waals surface area contributed by atoms with Crippen LogP contribution in [0.15, 0.2) is 78.9 Å². The molecule has 0 aromatic heterocycles. The zero-order valence-electron chi connectivity index (χ0n) is 17.3. The van der Waals surface area contributed by atoms with E-state index in [4.69, 9.17) is 9.47 Å². The first kappa shape index (κ1) is 22.8. The Bertz CT molecular complexity index is 787. The lowest BCUT2D eigenvalue weighted by Gasteiger charge is -2.23. The Morgan fingerprint density at radius 1 is 0.724 bits per heavy atom. The summed E-state index contributed by atoms with van der Waals surface area (Å²) < 4.78 is 10.6. The molecule has 3 aromatic carbocycles. The molecule has 0 spiro atoms. The largest absolute Gasteiger partial charge is 0.497 e. The molecule has 3 aromatic rings. The highest BCUT2D eigenvalue weighted by Gasteiger charge is 2.18. The molecular weight excluding hydrogens is 382 g/mol. The zero-order chi connectivity index (χ0) is 19.8. The van der Waals surface area contributed by atoms with Gasteiger partial charge in [-0.2, -0.15) is 0 Å². The molecule has 0 radical (unpaired) electrons. The molecule has 0 aliphatic heterocycles. The van der Waals surface area contributed by atoms with Crippen LogP contribution in [0.25, 0.3) is 0 Å². The summed E-state index contributed by atoms with van der Waals surface area (Å²) in [7, 11) is 3.40. The molecule has 0 heterocycles. The fourth-order valence-corrected chi connectivity index (χ4v) is 3.46. The lowest BCUT2D eigenvalue weighted by Crippen LogP contribution is -2.27. The molecule has 0 amide bonds. The molecule has 29 heavy (non-hydrogen) atoms. The molecule has 1 atom stereocenters. The fraction of sp³-hybridized carbons (Fsp3) is 0.280. The third-order valence-corrected chi connectivity index (χ3v) is 5.12. The van der Waals surface area contributed by atoms with E-state index in [2.05, 4.69) is 66.8 Å². The molecule has 0 fully saturated rings. The summed E-state index contributed by atoms with van der Waals surface area (Å²) in [4.78, 5) is 0. The highest BCUT2D eigenvalue weighted by Crippen LogP contribution is 2.31. The Hall–Kier alpha value is -2.49. The van der Waals surface area contributed by atoms with Crippen molar-refractivity contribution in [1.29, 1.82) is 0 Å². The standard InChI is InChI=1S/C25H29NO2.ClH/c1-19(26-18-20-7-5-4-6-8-20)17-25(21-9-13-23(27-2)14-10-21)22-11-15-24(28-3)16-12-22;/h4-16,19,25-26H,17-18H2,1-3H3;1H/t19-;/m0./s1. The first-order valence-corrected chi connectivity index (χ1v) is 9.75. The van der Waals surface area contributed by atoms with Gasteiger partial charge < -0.3 is 14.8 Å². The van der Waals surface area contributed by atoms with E-state index in [0.29, 0.717) is 12.0 Å². The smallest absolute Gasteiger partial charge is 0.118 e.